The van der Waals surface area contributed by atoms with Crippen LogP contribution in [-0.2, 0) is 9.59 Å². The fourth-order valence-corrected chi connectivity index (χ4v) is 2.62. The minimum Gasteiger partial charge on any atom is -0.342 e. The molecule has 21 heavy (non-hydrogen) atoms. The van der Waals surface area contributed by atoms with E-state index in [0.717, 1.165) is 6.07 Å². The van der Waals surface area contributed by atoms with Gasteiger partial charge in [-0.2, -0.15) is 0 Å². The Hall–Kier alpha value is -1.62. The molecule has 1 aliphatic heterocycles. The highest BCUT2D eigenvalue weighted by Gasteiger charge is 2.40. The number of benzene rings is 1. The summed E-state index contributed by atoms with van der Waals surface area (Å²) in [4.78, 5) is 25.8. The maximum Gasteiger partial charge on any atom is 0.250 e. The fourth-order valence-electron chi connectivity index (χ4n) is 2.47. The van der Waals surface area contributed by atoms with Gasteiger partial charge in [-0.1, -0.05) is 25.4 Å². The zero-order valence-electron chi connectivity index (χ0n) is 12.2. The largest absolute Gasteiger partial charge is 0.342 e. The van der Waals surface area contributed by atoms with Crippen molar-refractivity contribution in [3.05, 3.63) is 29.0 Å². The van der Waals surface area contributed by atoms with Crippen LogP contribution in [0.5, 0.6) is 0 Å². The van der Waals surface area contributed by atoms with Gasteiger partial charge >= 0.3 is 0 Å². The monoisotopic (exact) mass is 312 g/mol. The first-order chi connectivity index (χ1) is 9.81. The molecule has 0 aromatic heterocycles. The molecular formula is C15H18ClFN2O2. The first-order valence-corrected chi connectivity index (χ1v) is 7.27. The van der Waals surface area contributed by atoms with Gasteiger partial charge in [-0.25, -0.2) is 4.39 Å². The zero-order chi connectivity index (χ0) is 15.7. The van der Waals surface area contributed by atoms with Crippen LogP contribution < -0.4 is 10.2 Å². The molecule has 1 heterocycles. The van der Waals surface area contributed by atoms with Crippen LogP contribution >= 0.6 is 11.6 Å². The maximum absolute atomic E-state index is 14.1. The lowest BCUT2D eigenvalue weighted by molar-refractivity contribution is -0.133. The third-order valence-electron chi connectivity index (χ3n) is 3.50. The van der Waals surface area contributed by atoms with Crippen molar-refractivity contribution in [3.8, 4) is 0 Å². The second-order valence-corrected chi connectivity index (χ2v) is 6.11. The van der Waals surface area contributed by atoms with E-state index in [1.807, 2.05) is 13.8 Å². The molecule has 1 N–H and O–H groups in total. The molecular weight excluding hydrogens is 295 g/mol. The molecule has 1 aliphatic rings. The Bertz CT molecular complexity index is 577. The summed E-state index contributed by atoms with van der Waals surface area (Å²) < 4.78 is 14.1. The Morgan fingerprint density at radius 3 is 2.62 bits per heavy atom. The summed E-state index contributed by atoms with van der Waals surface area (Å²) in [5.74, 6) is -0.947. The molecule has 0 bridgehead atoms. The third-order valence-corrected chi connectivity index (χ3v) is 3.73. The smallest absolute Gasteiger partial charge is 0.250 e. The number of carbonyl (C=O) groups is 2. The van der Waals surface area contributed by atoms with Crippen LogP contribution in [0.2, 0.25) is 5.02 Å². The van der Waals surface area contributed by atoms with Gasteiger partial charge in [0.2, 0.25) is 11.8 Å². The molecule has 1 fully saturated rings. The van der Waals surface area contributed by atoms with Gasteiger partial charge in [0.25, 0.3) is 0 Å². The number of rotatable bonds is 3. The van der Waals surface area contributed by atoms with Crippen molar-refractivity contribution in [2.75, 3.05) is 4.90 Å². The lowest BCUT2D eigenvalue weighted by Crippen LogP contribution is -2.63. The van der Waals surface area contributed by atoms with Crippen LogP contribution in [-0.4, -0.2) is 23.9 Å². The molecule has 2 rings (SSSR count). The van der Waals surface area contributed by atoms with E-state index in [9.17, 15) is 14.0 Å². The summed E-state index contributed by atoms with van der Waals surface area (Å²) in [5.41, 5.74) is 0.0838. The highest BCUT2D eigenvalue weighted by molar-refractivity contribution is 6.30. The number of amides is 2. The maximum atomic E-state index is 14.1. The van der Waals surface area contributed by atoms with Crippen LogP contribution in [0.15, 0.2) is 18.2 Å². The van der Waals surface area contributed by atoms with Crippen LogP contribution in [0.3, 0.4) is 0 Å². The van der Waals surface area contributed by atoms with Crippen molar-refractivity contribution in [3.63, 3.8) is 0 Å². The summed E-state index contributed by atoms with van der Waals surface area (Å²) in [5, 5.41) is 2.95. The predicted octanol–water partition coefficient (Wildman–Crippen LogP) is 2.75. The lowest BCUT2D eigenvalue weighted by atomic mass is 9.98. The van der Waals surface area contributed by atoms with E-state index in [1.165, 1.54) is 17.0 Å². The molecule has 6 heteroatoms. The van der Waals surface area contributed by atoms with Crippen LogP contribution in [0, 0.1) is 11.7 Å². The second-order valence-electron chi connectivity index (χ2n) is 5.67. The van der Waals surface area contributed by atoms with Crippen LogP contribution in [0.1, 0.15) is 27.2 Å². The molecule has 0 saturated carbocycles. The van der Waals surface area contributed by atoms with Gasteiger partial charge in [0.1, 0.15) is 17.9 Å². The number of hydrogen-bond acceptors (Lipinski definition) is 2. The molecule has 2 unspecified atom stereocenters. The van der Waals surface area contributed by atoms with Crippen LogP contribution in [0.4, 0.5) is 10.1 Å². The highest BCUT2D eigenvalue weighted by Crippen LogP contribution is 2.28. The number of carbonyl (C=O) groups excluding carboxylic acids is 2. The number of halogens is 2. The first-order valence-electron chi connectivity index (χ1n) is 6.89. The van der Waals surface area contributed by atoms with E-state index in [1.54, 1.807) is 6.92 Å². The minimum absolute atomic E-state index is 0.0838. The normalized spacial score (nSPS) is 22.7. The van der Waals surface area contributed by atoms with E-state index in [-0.39, 0.29) is 28.4 Å². The van der Waals surface area contributed by atoms with Crippen molar-refractivity contribution in [2.24, 2.45) is 5.92 Å². The second kappa shape index (κ2) is 6.02. The van der Waals surface area contributed by atoms with Crippen molar-refractivity contribution in [1.82, 2.24) is 5.32 Å². The van der Waals surface area contributed by atoms with Gasteiger partial charge in [-0.3, -0.25) is 14.5 Å². The summed E-state index contributed by atoms with van der Waals surface area (Å²) in [6, 6.07) is 2.70. The quantitative estimate of drug-likeness (QED) is 0.933. The van der Waals surface area contributed by atoms with E-state index >= 15 is 0 Å². The Kier molecular flexibility index (Phi) is 4.52. The number of nitrogens with zero attached hydrogens (tertiary/aromatic N) is 1. The van der Waals surface area contributed by atoms with Gasteiger partial charge in [-0.15, -0.1) is 0 Å². The van der Waals surface area contributed by atoms with Crippen molar-refractivity contribution in [1.29, 1.82) is 0 Å². The average Bonchev–Trinajstić information content (AvgIpc) is 2.38. The van der Waals surface area contributed by atoms with Gasteiger partial charge < -0.3 is 5.32 Å². The highest BCUT2D eigenvalue weighted by atomic mass is 35.5. The number of hydrogen-bond donors (Lipinski definition) is 1. The molecule has 114 valence electrons. The standard InChI is InChI=1S/C15H18ClFN2O2/c1-8(2)6-12-15(21)19(9(3)14(20)18-12)13-5-4-10(16)7-11(13)17/h4-5,7-9,12H,6H2,1-3H3,(H,18,20). The Balaban J connectivity index is 2.38. The number of nitrogens with one attached hydrogen (secondary N) is 1. The molecule has 0 radical (unpaired) electrons. The molecule has 1 saturated heterocycles. The first kappa shape index (κ1) is 15.8. The molecule has 2 amide bonds. The average molecular weight is 313 g/mol. The Morgan fingerprint density at radius 1 is 1.38 bits per heavy atom. The molecule has 0 spiro atoms. The minimum atomic E-state index is -0.753. The topological polar surface area (TPSA) is 49.4 Å². The van der Waals surface area contributed by atoms with E-state index in [0.29, 0.717) is 6.42 Å². The SMILES string of the molecule is CC(C)CC1NC(=O)C(C)N(c2ccc(Cl)cc2F)C1=O. The molecule has 0 aliphatic carbocycles. The number of anilines is 1. The molecule has 1 aromatic rings. The molecule has 1 aromatic carbocycles. The number of piperazine rings is 1. The van der Waals surface area contributed by atoms with Gasteiger partial charge in [0.15, 0.2) is 0 Å². The van der Waals surface area contributed by atoms with E-state index < -0.39 is 17.9 Å². The summed E-state index contributed by atoms with van der Waals surface area (Å²) in [6.45, 7) is 5.50. The fraction of sp³-hybridized carbons (Fsp3) is 0.467. The third kappa shape index (κ3) is 3.18. The molecule has 4 nitrogen and oxygen atoms in total. The van der Waals surface area contributed by atoms with E-state index in [2.05, 4.69) is 5.32 Å². The summed E-state index contributed by atoms with van der Waals surface area (Å²) in [6.07, 6.45) is 0.517. The van der Waals surface area contributed by atoms with Crippen molar-refractivity contribution >= 4 is 29.1 Å². The molecule has 2 atom stereocenters. The summed E-state index contributed by atoms with van der Waals surface area (Å²) >= 11 is 5.73. The van der Waals surface area contributed by atoms with E-state index in [4.69, 9.17) is 11.6 Å². The van der Waals surface area contributed by atoms with Gasteiger partial charge in [0.05, 0.1) is 5.69 Å². The van der Waals surface area contributed by atoms with Gasteiger partial charge in [0, 0.05) is 5.02 Å². The van der Waals surface area contributed by atoms with Crippen molar-refractivity contribution in [2.45, 2.75) is 39.3 Å². The summed E-state index contributed by atoms with van der Waals surface area (Å²) in [7, 11) is 0. The Morgan fingerprint density at radius 2 is 2.05 bits per heavy atom. The Labute approximate surface area is 128 Å². The predicted molar refractivity (Wildman–Crippen MR) is 79.7 cm³/mol. The lowest BCUT2D eigenvalue weighted by Gasteiger charge is -2.38. The van der Waals surface area contributed by atoms with Gasteiger partial charge in [-0.05, 0) is 37.5 Å². The van der Waals surface area contributed by atoms with Crippen molar-refractivity contribution < 1.29 is 14.0 Å². The zero-order valence-corrected chi connectivity index (χ0v) is 12.9. The van der Waals surface area contributed by atoms with Crippen LogP contribution in [0.25, 0.3) is 0 Å².